The van der Waals surface area contributed by atoms with Crippen LogP contribution in [0.25, 0.3) is 0 Å². The van der Waals surface area contributed by atoms with Gasteiger partial charge in [-0.3, -0.25) is 14.8 Å². The van der Waals surface area contributed by atoms with E-state index < -0.39 is 11.7 Å². The predicted octanol–water partition coefficient (Wildman–Crippen LogP) is 3.46. The highest BCUT2D eigenvalue weighted by molar-refractivity contribution is 5.78. The molecule has 2 aromatic rings. The van der Waals surface area contributed by atoms with Crippen molar-refractivity contribution in [3.8, 4) is 5.75 Å². The van der Waals surface area contributed by atoms with Crippen LogP contribution in [0.15, 0.2) is 30.3 Å². The van der Waals surface area contributed by atoms with Crippen molar-refractivity contribution in [1.82, 2.24) is 20.0 Å². The number of nitrogens with zero attached hydrogens (tertiary/aromatic N) is 3. The van der Waals surface area contributed by atoms with Crippen LogP contribution in [0.4, 0.5) is 13.2 Å². The molecule has 168 valence electrons. The molecule has 1 aromatic carbocycles. The normalized spacial score (nSPS) is 19.8. The number of nitrogens with one attached hydrogen (secondary N) is 1. The van der Waals surface area contributed by atoms with Crippen LogP contribution in [0, 0.1) is 0 Å². The van der Waals surface area contributed by atoms with E-state index in [1.807, 2.05) is 11.0 Å². The Labute approximate surface area is 179 Å². The number of likely N-dealkylation sites (tertiary alicyclic amines) is 2. The van der Waals surface area contributed by atoms with Gasteiger partial charge >= 0.3 is 6.18 Å². The van der Waals surface area contributed by atoms with Crippen LogP contribution in [-0.4, -0.2) is 65.2 Å². The van der Waals surface area contributed by atoms with Gasteiger partial charge in [-0.25, -0.2) is 0 Å². The molecule has 1 amide bonds. The first-order chi connectivity index (χ1) is 14.9. The lowest BCUT2D eigenvalue weighted by molar-refractivity contribution is -0.137. The Hall–Kier alpha value is -2.55. The maximum Gasteiger partial charge on any atom is 0.416 e. The summed E-state index contributed by atoms with van der Waals surface area (Å²) in [7, 11) is 0. The van der Waals surface area contributed by atoms with Gasteiger partial charge in [-0.15, -0.1) is 0 Å². The molecule has 1 unspecified atom stereocenters. The Morgan fingerprint density at radius 2 is 1.90 bits per heavy atom. The number of hydrogen-bond acceptors (Lipinski definition) is 4. The molecule has 9 heteroatoms. The van der Waals surface area contributed by atoms with Gasteiger partial charge in [-0.05, 0) is 56.1 Å². The number of H-pyrrole nitrogens is 1. The number of halogens is 3. The Morgan fingerprint density at radius 3 is 2.61 bits per heavy atom. The van der Waals surface area contributed by atoms with Crippen molar-refractivity contribution in [2.75, 3.05) is 39.3 Å². The number of carbonyl (C=O) groups excluding carboxylic acids is 1. The molecule has 2 aliphatic rings. The zero-order valence-corrected chi connectivity index (χ0v) is 17.3. The Balaban J connectivity index is 1.22. The lowest BCUT2D eigenvalue weighted by Crippen LogP contribution is -2.37. The van der Waals surface area contributed by atoms with E-state index in [0.717, 1.165) is 69.0 Å². The SMILES string of the molecule is O=C(CN1CCC(c2cc(CCOc3ccc(C(F)(F)F)cc3)[nH]n2)C1)N1CCCC1. The van der Waals surface area contributed by atoms with E-state index in [9.17, 15) is 18.0 Å². The molecular weight excluding hydrogens is 409 g/mol. The molecule has 3 heterocycles. The van der Waals surface area contributed by atoms with E-state index in [1.165, 1.54) is 12.1 Å². The van der Waals surface area contributed by atoms with E-state index in [1.54, 1.807) is 0 Å². The van der Waals surface area contributed by atoms with Crippen LogP contribution in [-0.2, 0) is 17.4 Å². The first-order valence-electron chi connectivity index (χ1n) is 10.7. The fourth-order valence-electron chi connectivity index (χ4n) is 4.21. The standard InChI is InChI=1S/C22H27F3N4O2/c23-22(24,25)17-3-5-19(6-4-17)31-12-8-18-13-20(27-26-18)16-7-11-28(14-16)15-21(30)29-9-1-2-10-29/h3-6,13,16H,1-2,7-12,14-15H2,(H,26,27). The maximum atomic E-state index is 12.6. The summed E-state index contributed by atoms with van der Waals surface area (Å²) in [4.78, 5) is 16.5. The van der Waals surface area contributed by atoms with Gasteiger partial charge in [0.15, 0.2) is 0 Å². The topological polar surface area (TPSA) is 61.5 Å². The summed E-state index contributed by atoms with van der Waals surface area (Å²) in [5.41, 5.74) is 1.22. The number of benzene rings is 1. The quantitative estimate of drug-likeness (QED) is 0.722. The summed E-state index contributed by atoms with van der Waals surface area (Å²) in [6, 6.07) is 6.72. The predicted molar refractivity (Wildman–Crippen MR) is 109 cm³/mol. The highest BCUT2D eigenvalue weighted by Gasteiger charge is 2.30. The number of amides is 1. The summed E-state index contributed by atoms with van der Waals surface area (Å²) < 4.78 is 43.4. The Morgan fingerprint density at radius 1 is 1.16 bits per heavy atom. The summed E-state index contributed by atoms with van der Waals surface area (Å²) in [5, 5.41) is 7.45. The lowest BCUT2D eigenvalue weighted by Gasteiger charge is -2.20. The summed E-state index contributed by atoms with van der Waals surface area (Å²) in [5.74, 6) is 0.926. The minimum atomic E-state index is -4.35. The number of aromatic nitrogens is 2. The molecule has 4 rings (SSSR count). The molecule has 1 N–H and O–H groups in total. The van der Waals surface area contributed by atoms with Gasteiger partial charge in [0.2, 0.25) is 5.91 Å². The smallest absolute Gasteiger partial charge is 0.416 e. The second-order valence-electron chi connectivity index (χ2n) is 8.25. The van der Waals surface area contributed by atoms with Crippen LogP contribution >= 0.6 is 0 Å². The number of carbonyl (C=O) groups is 1. The molecule has 0 spiro atoms. The molecule has 2 fully saturated rings. The molecule has 0 aliphatic carbocycles. The summed E-state index contributed by atoms with van der Waals surface area (Å²) >= 11 is 0. The van der Waals surface area contributed by atoms with E-state index in [4.69, 9.17) is 4.74 Å². The average molecular weight is 436 g/mol. The number of aromatic amines is 1. The molecule has 2 aliphatic heterocycles. The molecule has 0 radical (unpaired) electrons. The number of ether oxygens (including phenoxy) is 1. The van der Waals surface area contributed by atoms with Crippen molar-refractivity contribution in [3.05, 3.63) is 47.3 Å². The maximum absolute atomic E-state index is 12.6. The van der Waals surface area contributed by atoms with Crippen LogP contribution < -0.4 is 4.74 Å². The fraction of sp³-hybridized carbons (Fsp3) is 0.545. The number of hydrogen-bond donors (Lipinski definition) is 1. The molecule has 6 nitrogen and oxygen atoms in total. The lowest BCUT2D eigenvalue weighted by atomic mass is 10.0. The molecular formula is C22H27F3N4O2. The average Bonchev–Trinajstić information content (AvgIpc) is 3.49. The zero-order valence-electron chi connectivity index (χ0n) is 17.3. The van der Waals surface area contributed by atoms with E-state index in [-0.39, 0.29) is 5.91 Å². The van der Waals surface area contributed by atoms with Gasteiger partial charge in [-0.2, -0.15) is 18.3 Å². The number of alkyl halides is 3. The third kappa shape index (κ3) is 5.58. The minimum Gasteiger partial charge on any atom is -0.493 e. The summed E-state index contributed by atoms with van der Waals surface area (Å²) in [6.07, 6.45) is -0.584. The second-order valence-corrected chi connectivity index (χ2v) is 8.25. The van der Waals surface area contributed by atoms with Crippen molar-refractivity contribution in [2.45, 2.75) is 37.8 Å². The van der Waals surface area contributed by atoms with Crippen molar-refractivity contribution in [3.63, 3.8) is 0 Å². The highest BCUT2D eigenvalue weighted by atomic mass is 19.4. The van der Waals surface area contributed by atoms with Crippen LogP contribution in [0.1, 0.15) is 42.1 Å². The fourth-order valence-corrected chi connectivity index (χ4v) is 4.21. The minimum absolute atomic E-state index is 0.223. The van der Waals surface area contributed by atoms with Gasteiger partial charge in [0.05, 0.1) is 24.4 Å². The molecule has 0 saturated carbocycles. The molecule has 2 saturated heterocycles. The second kappa shape index (κ2) is 9.30. The van der Waals surface area contributed by atoms with Gasteiger partial charge < -0.3 is 9.64 Å². The van der Waals surface area contributed by atoms with E-state index >= 15 is 0 Å². The largest absolute Gasteiger partial charge is 0.493 e. The Bertz CT molecular complexity index is 876. The number of rotatable bonds is 7. The van der Waals surface area contributed by atoms with Crippen molar-refractivity contribution >= 4 is 5.91 Å². The van der Waals surface area contributed by atoms with Crippen LogP contribution in [0.5, 0.6) is 5.75 Å². The van der Waals surface area contributed by atoms with Gasteiger partial charge in [0.25, 0.3) is 0 Å². The third-order valence-electron chi connectivity index (χ3n) is 5.98. The van der Waals surface area contributed by atoms with Crippen molar-refractivity contribution in [1.29, 1.82) is 0 Å². The molecule has 0 bridgehead atoms. The molecule has 1 aromatic heterocycles. The van der Waals surface area contributed by atoms with Crippen LogP contribution in [0.3, 0.4) is 0 Å². The van der Waals surface area contributed by atoms with Gasteiger partial charge in [0, 0.05) is 37.7 Å². The van der Waals surface area contributed by atoms with E-state index in [0.29, 0.717) is 31.2 Å². The zero-order chi connectivity index (χ0) is 21.8. The Kier molecular flexibility index (Phi) is 6.50. The molecule has 31 heavy (non-hydrogen) atoms. The van der Waals surface area contributed by atoms with Crippen molar-refractivity contribution in [2.24, 2.45) is 0 Å². The first kappa shape index (κ1) is 21.7. The highest BCUT2D eigenvalue weighted by Crippen LogP contribution is 2.30. The first-order valence-corrected chi connectivity index (χ1v) is 10.7. The van der Waals surface area contributed by atoms with Gasteiger partial charge in [0.1, 0.15) is 5.75 Å². The monoisotopic (exact) mass is 436 g/mol. The summed E-state index contributed by atoms with van der Waals surface area (Å²) in [6.45, 7) is 4.30. The van der Waals surface area contributed by atoms with Gasteiger partial charge in [-0.1, -0.05) is 0 Å². The van der Waals surface area contributed by atoms with Crippen LogP contribution in [0.2, 0.25) is 0 Å². The van der Waals surface area contributed by atoms with E-state index in [2.05, 4.69) is 15.1 Å². The third-order valence-corrected chi connectivity index (χ3v) is 5.98. The molecule has 1 atom stereocenters. The van der Waals surface area contributed by atoms with Crippen molar-refractivity contribution < 1.29 is 22.7 Å².